The van der Waals surface area contributed by atoms with Crippen LogP contribution in [0.5, 0.6) is 0 Å². The van der Waals surface area contributed by atoms with E-state index in [4.69, 9.17) is 0 Å². The molecule has 0 aliphatic heterocycles. The zero-order valence-corrected chi connectivity index (χ0v) is 10.9. The number of aliphatic hydroxyl groups excluding tert-OH is 2. The number of methoxy groups -OCH3 is 1. The summed E-state index contributed by atoms with van der Waals surface area (Å²) in [7, 11) is 1.26. The second kappa shape index (κ2) is 6.68. The van der Waals surface area contributed by atoms with E-state index in [1.54, 1.807) is 12.1 Å². The Balaban J connectivity index is 2.87. The van der Waals surface area contributed by atoms with Crippen LogP contribution >= 0.6 is 15.9 Å². The molecule has 0 bridgehead atoms. The zero-order chi connectivity index (χ0) is 12.8. The Morgan fingerprint density at radius 3 is 2.82 bits per heavy atom. The Kier molecular flexibility index (Phi) is 5.54. The van der Waals surface area contributed by atoms with Crippen molar-refractivity contribution in [2.45, 2.75) is 18.6 Å². The fourth-order valence-electron chi connectivity index (χ4n) is 1.30. The topological polar surface area (TPSA) is 79.7 Å². The second-order valence-corrected chi connectivity index (χ2v) is 4.22. The van der Waals surface area contributed by atoms with Crippen molar-refractivity contribution >= 4 is 21.9 Å². The molecule has 0 aliphatic rings. The van der Waals surface area contributed by atoms with Gasteiger partial charge in [0.15, 0.2) is 0 Å². The van der Waals surface area contributed by atoms with E-state index in [0.29, 0.717) is 11.8 Å². The second-order valence-electron chi connectivity index (χ2n) is 3.43. The summed E-state index contributed by atoms with van der Waals surface area (Å²) >= 11 is 3.17. The van der Waals surface area contributed by atoms with E-state index in [1.807, 2.05) is 0 Å². The molecule has 17 heavy (non-hydrogen) atoms. The number of nitrogens with zero attached hydrogens (tertiary/aromatic N) is 1. The van der Waals surface area contributed by atoms with E-state index in [9.17, 15) is 15.0 Å². The predicted octanol–water partition coefficient (Wildman–Crippen LogP) is 1.05. The molecule has 0 saturated heterocycles. The van der Waals surface area contributed by atoms with Crippen molar-refractivity contribution < 1.29 is 19.7 Å². The van der Waals surface area contributed by atoms with Crippen molar-refractivity contribution in [3.63, 3.8) is 0 Å². The SMILES string of the molecule is COC(=O)c1cccc(C(O)C(O)CCBr)n1. The minimum absolute atomic E-state index is 0.107. The summed E-state index contributed by atoms with van der Waals surface area (Å²) in [4.78, 5) is 15.2. The number of carbonyl (C=O) groups excluding carboxylic acids is 1. The van der Waals surface area contributed by atoms with E-state index >= 15 is 0 Å². The number of alkyl halides is 1. The smallest absolute Gasteiger partial charge is 0.356 e. The molecule has 6 heteroatoms. The highest BCUT2D eigenvalue weighted by molar-refractivity contribution is 9.09. The van der Waals surface area contributed by atoms with Gasteiger partial charge in [0.1, 0.15) is 11.8 Å². The van der Waals surface area contributed by atoms with Crippen molar-refractivity contribution in [1.82, 2.24) is 4.98 Å². The van der Waals surface area contributed by atoms with Gasteiger partial charge >= 0.3 is 5.97 Å². The summed E-state index contributed by atoms with van der Waals surface area (Å²) in [5.74, 6) is -0.575. The lowest BCUT2D eigenvalue weighted by Crippen LogP contribution is -2.20. The number of ether oxygens (including phenoxy) is 1. The number of pyridine rings is 1. The van der Waals surface area contributed by atoms with Crippen LogP contribution in [0.2, 0.25) is 0 Å². The van der Waals surface area contributed by atoms with Gasteiger partial charge in [0.2, 0.25) is 0 Å². The average molecular weight is 304 g/mol. The maximum absolute atomic E-state index is 11.2. The Labute approximate surface area is 108 Å². The first-order chi connectivity index (χ1) is 8.10. The van der Waals surface area contributed by atoms with Gasteiger partial charge in [0, 0.05) is 5.33 Å². The molecule has 1 aromatic rings. The molecule has 0 amide bonds. The lowest BCUT2D eigenvalue weighted by atomic mass is 10.1. The molecule has 0 radical (unpaired) electrons. The van der Waals surface area contributed by atoms with E-state index < -0.39 is 18.2 Å². The highest BCUT2D eigenvalue weighted by Gasteiger charge is 2.20. The summed E-state index contributed by atoms with van der Waals surface area (Å²) in [6.45, 7) is 0. The molecule has 0 spiro atoms. The highest BCUT2D eigenvalue weighted by Crippen LogP contribution is 2.18. The molecular formula is C11H14BrNO4. The third-order valence-electron chi connectivity index (χ3n) is 2.24. The molecule has 0 saturated carbocycles. The fourth-order valence-corrected chi connectivity index (χ4v) is 1.77. The fraction of sp³-hybridized carbons (Fsp3) is 0.455. The predicted molar refractivity (Wildman–Crippen MR) is 65.0 cm³/mol. The number of rotatable bonds is 5. The van der Waals surface area contributed by atoms with Crippen LogP contribution in [0.25, 0.3) is 0 Å². The largest absolute Gasteiger partial charge is 0.464 e. The van der Waals surface area contributed by atoms with E-state index in [2.05, 4.69) is 25.7 Å². The Morgan fingerprint density at radius 1 is 1.53 bits per heavy atom. The quantitative estimate of drug-likeness (QED) is 0.628. The Hall–Kier alpha value is -0.980. The first-order valence-electron chi connectivity index (χ1n) is 5.07. The first kappa shape index (κ1) is 14.1. The molecule has 2 atom stereocenters. The van der Waals surface area contributed by atoms with Gasteiger partial charge in [-0.25, -0.2) is 9.78 Å². The van der Waals surface area contributed by atoms with Crippen LogP contribution in [0.1, 0.15) is 28.7 Å². The number of aliphatic hydroxyl groups is 2. The number of carbonyl (C=O) groups is 1. The van der Waals surface area contributed by atoms with Crippen molar-refractivity contribution in [2.24, 2.45) is 0 Å². The molecule has 94 valence electrons. The number of hydrogen-bond acceptors (Lipinski definition) is 5. The Morgan fingerprint density at radius 2 is 2.24 bits per heavy atom. The van der Waals surface area contributed by atoms with Gasteiger partial charge in [-0.1, -0.05) is 22.0 Å². The molecule has 1 rings (SSSR count). The van der Waals surface area contributed by atoms with Crippen LogP contribution in [-0.4, -0.2) is 39.7 Å². The molecule has 0 fully saturated rings. The lowest BCUT2D eigenvalue weighted by molar-refractivity contribution is 0.0145. The molecule has 0 aromatic carbocycles. The van der Waals surface area contributed by atoms with Gasteiger partial charge in [-0.2, -0.15) is 0 Å². The lowest BCUT2D eigenvalue weighted by Gasteiger charge is -2.16. The molecule has 2 N–H and O–H groups in total. The third kappa shape index (κ3) is 3.76. The van der Waals surface area contributed by atoms with Gasteiger partial charge in [0.25, 0.3) is 0 Å². The normalized spacial score (nSPS) is 14.1. The summed E-state index contributed by atoms with van der Waals surface area (Å²) in [6.07, 6.45) is -1.64. The minimum Gasteiger partial charge on any atom is -0.464 e. The first-order valence-corrected chi connectivity index (χ1v) is 6.19. The molecule has 2 unspecified atom stereocenters. The van der Waals surface area contributed by atoms with Crippen LogP contribution in [0.15, 0.2) is 18.2 Å². The van der Waals surface area contributed by atoms with Gasteiger partial charge < -0.3 is 14.9 Å². The van der Waals surface area contributed by atoms with Crippen LogP contribution in [-0.2, 0) is 4.74 Å². The number of hydrogen-bond donors (Lipinski definition) is 2. The minimum atomic E-state index is -1.11. The average Bonchev–Trinajstić information content (AvgIpc) is 2.37. The summed E-state index contributed by atoms with van der Waals surface area (Å²) in [6, 6.07) is 4.62. The zero-order valence-electron chi connectivity index (χ0n) is 9.34. The van der Waals surface area contributed by atoms with Crippen molar-refractivity contribution in [1.29, 1.82) is 0 Å². The highest BCUT2D eigenvalue weighted by atomic mass is 79.9. The van der Waals surface area contributed by atoms with E-state index in [0.717, 1.165) is 0 Å². The summed E-state index contributed by atoms with van der Waals surface area (Å²) in [5, 5.41) is 20.0. The summed E-state index contributed by atoms with van der Waals surface area (Å²) < 4.78 is 4.53. The maximum atomic E-state index is 11.2. The van der Waals surface area contributed by atoms with Crippen molar-refractivity contribution in [3.8, 4) is 0 Å². The molecule has 1 heterocycles. The van der Waals surface area contributed by atoms with Gasteiger partial charge in [-0.05, 0) is 18.6 Å². The van der Waals surface area contributed by atoms with Gasteiger partial charge in [-0.15, -0.1) is 0 Å². The van der Waals surface area contributed by atoms with Crippen molar-refractivity contribution in [3.05, 3.63) is 29.6 Å². The summed E-state index contributed by atoms with van der Waals surface area (Å²) in [5.41, 5.74) is 0.358. The van der Waals surface area contributed by atoms with Gasteiger partial charge in [0.05, 0.1) is 18.9 Å². The number of aromatic nitrogens is 1. The van der Waals surface area contributed by atoms with Crippen LogP contribution in [0.4, 0.5) is 0 Å². The van der Waals surface area contributed by atoms with Crippen LogP contribution in [0.3, 0.4) is 0 Å². The third-order valence-corrected chi connectivity index (χ3v) is 2.70. The molecule has 0 aliphatic carbocycles. The number of halogens is 1. The van der Waals surface area contributed by atoms with Crippen LogP contribution in [0, 0.1) is 0 Å². The van der Waals surface area contributed by atoms with Crippen LogP contribution < -0.4 is 0 Å². The molecule has 5 nitrogen and oxygen atoms in total. The number of esters is 1. The van der Waals surface area contributed by atoms with E-state index in [1.165, 1.54) is 13.2 Å². The Bertz CT molecular complexity index is 385. The molecular weight excluding hydrogens is 290 g/mol. The van der Waals surface area contributed by atoms with Crippen molar-refractivity contribution in [2.75, 3.05) is 12.4 Å². The monoisotopic (exact) mass is 303 g/mol. The standard InChI is InChI=1S/C11H14BrNO4/c1-17-11(16)8-4-2-3-7(13-8)10(15)9(14)5-6-12/h2-4,9-10,14-15H,5-6H2,1H3. The molecule has 1 aromatic heterocycles. The van der Waals surface area contributed by atoms with Gasteiger partial charge in [-0.3, -0.25) is 0 Å². The van der Waals surface area contributed by atoms with E-state index in [-0.39, 0.29) is 11.4 Å². The maximum Gasteiger partial charge on any atom is 0.356 e.